The van der Waals surface area contributed by atoms with E-state index in [2.05, 4.69) is 10.4 Å². The molecule has 0 atom stereocenters. The van der Waals surface area contributed by atoms with Crippen LogP contribution in [0, 0.1) is 0 Å². The summed E-state index contributed by atoms with van der Waals surface area (Å²) in [4.78, 5) is 0. The minimum Gasteiger partial charge on any atom is -0.508 e. The van der Waals surface area contributed by atoms with Gasteiger partial charge in [0.2, 0.25) is 0 Å². The summed E-state index contributed by atoms with van der Waals surface area (Å²) in [5.74, 6) is 0.334. The highest BCUT2D eigenvalue weighted by atomic mass is 16.3. The molecule has 2 N–H and O–H groups in total. The van der Waals surface area contributed by atoms with E-state index in [0.29, 0.717) is 12.3 Å². The number of aromatic hydroxyl groups is 1. The average molecular weight is 217 g/mol. The SMILES string of the molecule is Cn1cc(CNCc2ccccc2O)cn1. The lowest BCUT2D eigenvalue weighted by molar-refractivity contribution is 0.464. The normalized spacial score (nSPS) is 10.6. The van der Waals surface area contributed by atoms with Crippen molar-refractivity contribution in [3.8, 4) is 5.75 Å². The summed E-state index contributed by atoms with van der Waals surface area (Å²) < 4.78 is 1.77. The maximum Gasteiger partial charge on any atom is 0.120 e. The third kappa shape index (κ3) is 2.61. The third-order valence-electron chi connectivity index (χ3n) is 2.39. The number of hydrogen-bond acceptors (Lipinski definition) is 3. The van der Waals surface area contributed by atoms with E-state index >= 15 is 0 Å². The maximum atomic E-state index is 9.56. The van der Waals surface area contributed by atoms with Gasteiger partial charge in [0.25, 0.3) is 0 Å². The van der Waals surface area contributed by atoms with Crippen molar-refractivity contribution in [3.05, 3.63) is 47.8 Å². The first kappa shape index (κ1) is 10.7. The van der Waals surface area contributed by atoms with Crippen molar-refractivity contribution in [2.24, 2.45) is 7.05 Å². The van der Waals surface area contributed by atoms with Gasteiger partial charge in [0.1, 0.15) is 5.75 Å². The maximum absolute atomic E-state index is 9.56. The summed E-state index contributed by atoms with van der Waals surface area (Å²) in [6.45, 7) is 1.41. The van der Waals surface area contributed by atoms with Gasteiger partial charge in [-0.25, -0.2) is 0 Å². The Morgan fingerprint density at radius 2 is 2.12 bits per heavy atom. The highest BCUT2D eigenvalue weighted by molar-refractivity contribution is 5.31. The van der Waals surface area contributed by atoms with E-state index in [1.165, 1.54) is 0 Å². The molecule has 0 radical (unpaired) electrons. The fraction of sp³-hybridized carbons (Fsp3) is 0.250. The van der Waals surface area contributed by atoms with Gasteiger partial charge in [0.15, 0.2) is 0 Å². The van der Waals surface area contributed by atoms with Crippen molar-refractivity contribution in [2.45, 2.75) is 13.1 Å². The molecule has 0 aliphatic rings. The molecule has 0 saturated carbocycles. The molecule has 0 unspecified atom stereocenters. The highest BCUT2D eigenvalue weighted by Crippen LogP contribution is 2.14. The largest absolute Gasteiger partial charge is 0.508 e. The van der Waals surface area contributed by atoms with E-state index in [-0.39, 0.29) is 0 Å². The van der Waals surface area contributed by atoms with Crippen molar-refractivity contribution in [1.29, 1.82) is 0 Å². The Bertz CT molecular complexity index is 465. The number of nitrogens with zero attached hydrogens (tertiary/aromatic N) is 2. The number of phenolic OH excluding ortho intramolecular Hbond substituents is 1. The Hall–Kier alpha value is -1.81. The zero-order chi connectivity index (χ0) is 11.4. The van der Waals surface area contributed by atoms with Crippen LogP contribution in [-0.2, 0) is 20.1 Å². The van der Waals surface area contributed by atoms with Crippen LogP contribution in [0.15, 0.2) is 36.7 Å². The fourth-order valence-electron chi connectivity index (χ4n) is 1.56. The molecule has 0 bridgehead atoms. The van der Waals surface area contributed by atoms with E-state index in [1.807, 2.05) is 37.6 Å². The lowest BCUT2D eigenvalue weighted by Crippen LogP contribution is -2.12. The Kier molecular flexibility index (Phi) is 3.22. The molecular formula is C12H15N3O. The van der Waals surface area contributed by atoms with Gasteiger partial charge in [-0.15, -0.1) is 0 Å². The lowest BCUT2D eigenvalue weighted by Gasteiger charge is -2.05. The monoisotopic (exact) mass is 217 g/mol. The second-order valence-electron chi connectivity index (χ2n) is 3.75. The van der Waals surface area contributed by atoms with Gasteiger partial charge in [-0.05, 0) is 6.07 Å². The predicted molar refractivity (Wildman–Crippen MR) is 61.9 cm³/mol. The predicted octanol–water partition coefficient (Wildman–Crippen LogP) is 1.42. The first-order chi connectivity index (χ1) is 7.75. The van der Waals surface area contributed by atoms with Gasteiger partial charge < -0.3 is 10.4 Å². The topological polar surface area (TPSA) is 50.1 Å². The summed E-state index contributed by atoms with van der Waals surface area (Å²) >= 11 is 0. The summed E-state index contributed by atoms with van der Waals surface area (Å²) in [6.07, 6.45) is 3.80. The van der Waals surface area contributed by atoms with Gasteiger partial charge in [-0.2, -0.15) is 5.10 Å². The van der Waals surface area contributed by atoms with Gasteiger partial charge >= 0.3 is 0 Å². The molecule has 0 fully saturated rings. The molecule has 4 heteroatoms. The van der Waals surface area contributed by atoms with Crippen LogP contribution >= 0.6 is 0 Å². The molecule has 1 heterocycles. The average Bonchev–Trinajstić information content (AvgIpc) is 2.67. The van der Waals surface area contributed by atoms with Gasteiger partial charge in [-0.1, -0.05) is 18.2 Å². The smallest absolute Gasteiger partial charge is 0.120 e. The highest BCUT2D eigenvalue weighted by Gasteiger charge is 1.99. The van der Waals surface area contributed by atoms with Crippen LogP contribution in [0.5, 0.6) is 5.75 Å². The van der Waals surface area contributed by atoms with Crippen molar-refractivity contribution < 1.29 is 5.11 Å². The molecule has 0 aliphatic carbocycles. The van der Waals surface area contributed by atoms with Gasteiger partial charge in [-0.3, -0.25) is 4.68 Å². The fourth-order valence-corrected chi connectivity index (χ4v) is 1.56. The first-order valence-electron chi connectivity index (χ1n) is 5.21. The molecule has 0 saturated heterocycles. The van der Waals surface area contributed by atoms with Crippen molar-refractivity contribution in [2.75, 3.05) is 0 Å². The summed E-state index contributed by atoms with van der Waals surface area (Å²) in [5, 5.41) is 16.9. The Morgan fingerprint density at radius 1 is 1.31 bits per heavy atom. The molecule has 1 aromatic carbocycles. The van der Waals surface area contributed by atoms with E-state index in [9.17, 15) is 5.11 Å². The molecule has 4 nitrogen and oxygen atoms in total. The van der Waals surface area contributed by atoms with Crippen LogP contribution in [0.3, 0.4) is 0 Å². The second kappa shape index (κ2) is 4.81. The molecular weight excluding hydrogens is 202 g/mol. The van der Waals surface area contributed by atoms with Crippen molar-refractivity contribution in [1.82, 2.24) is 15.1 Å². The molecule has 0 amide bonds. The number of aromatic nitrogens is 2. The number of para-hydroxylation sites is 1. The number of aryl methyl sites for hydroxylation is 1. The standard InChI is InChI=1S/C12H15N3O/c1-15-9-10(7-14-15)6-13-8-11-4-2-3-5-12(11)16/h2-5,7,9,13,16H,6,8H2,1H3. The summed E-state index contributed by atoms with van der Waals surface area (Å²) in [7, 11) is 1.90. The Labute approximate surface area is 94.5 Å². The van der Waals surface area contributed by atoms with Crippen LogP contribution in [0.25, 0.3) is 0 Å². The van der Waals surface area contributed by atoms with E-state index in [1.54, 1.807) is 10.7 Å². The van der Waals surface area contributed by atoms with Crippen LogP contribution in [0.2, 0.25) is 0 Å². The van der Waals surface area contributed by atoms with E-state index < -0.39 is 0 Å². The summed E-state index contributed by atoms with van der Waals surface area (Å²) in [5.41, 5.74) is 2.05. The molecule has 0 spiro atoms. The molecule has 84 valence electrons. The van der Waals surface area contributed by atoms with Crippen molar-refractivity contribution in [3.63, 3.8) is 0 Å². The second-order valence-corrected chi connectivity index (χ2v) is 3.75. The minimum atomic E-state index is 0.334. The zero-order valence-corrected chi connectivity index (χ0v) is 9.22. The molecule has 1 aromatic heterocycles. The van der Waals surface area contributed by atoms with E-state index in [0.717, 1.165) is 17.7 Å². The van der Waals surface area contributed by atoms with Crippen LogP contribution < -0.4 is 5.32 Å². The van der Waals surface area contributed by atoms with Gasteiger partial charge in [0.05, 0.1) is 6.20 Å². The zero-order valence-electron chi connectivity index (χ0n) is 9.22. The van der Waals surface area contributed by atoms with E-state index in [4.69, 9.17) is 0 Å². The molecule has 16 heavy (non-hydrogen) atoms. The molecule has 2 aromatic rings. The third-order valence-corrected chi connectivity index (χ3v) is 2.39. The van der Waals surface area contributed by atoms with Crippen LogP contribution in [-0.4, -0.2) is 14.9 Å². The number of hydrogen-bond donors (Lipinski definition) is 2. The quantitative estimate of drug-likeness (QED) is 0.814. The lowest BCUT2D eigenvalue weighted by atomic mass is 10.2. The number of rotatable bonds is 4. The van der Waals surface area contributed by atoms with Crippen LogP contribution in [0.1, 0.15) is 11.1 Å². The summed E-state index contributed by atoms with van der Waals surface area (Å²) in [6, 6.07) is 7.34. The van der Waals surface area contributed by atoms with Crippen molar-refractivity contribution >= 4 is 0 Å². The Morgan fingerprint density at radius 3 is 2.81 bits per heavy atom. The van der Waals surface area contributed by atoms with Crippen LogP contribution in [0.4, 0.5) is 0 Å². The number of nitrogens with one attached hydrogen (secondary N) is 1. The Balaban J connectivity index is 1.87. The number of benzene rings is 1. The molecule has 0 aliphatic heterocycles. The minimum absolute atomic E-state index is 0.334. The molecule has 2 rings (SSSR count). The first-order valence-corrected chi connectivity index (χ1v) is 5.21. The number of phenols is 1. The van der Waals surface area contributed by atoms with Gasteiger partial charge in [0, 0.05) is 37.5 Å².